The van der Waals surface area contributed by atoms with Gasteiger partial charge in [0.1, 0.15) is 6.04 Å². The van der Waals surface area contributed by atoms with Crippen molar-refractivity contribution in [3.63, 3.8) is 0 Å². The Morgan fingerprint density at radius 3 is 2.54 bits per heavy atom. The molecule has 1 N–H and O–H groups in total. The summed E-state index contributed by atoms with van der Waals surface area (Å²) in [5.41, 5.74) is 0.0111. The second-order valence-electron chi connectivity index (χ2n) is 5.96. The zero-order chi connectivity index (χ0) is 20.5. The van der Waals surface area contributed by atoms with E-state index in [0.717, 1.165) is 23.9 Å². The molecule has 2 aromatic rings. The number of fused-ring (bicyclic) bond motifs is 1. The van der Waals surface area contributed by atoms with Crippen LogP contribution in [0.5, 0.6) is 0 Å². The fourth-order valence-corrected chi connectivity index (χ4v) is 3.56. The Morgan fingerprint density at radius 1 is 1.14 bits per heavy atom. The summed E-state index contributed by atoms with van der Waals surface area (Å²) < 4.78 is 67.1. The Balaban J connectivity index is 1.91. The van der Waals surface area contributed by atoms with E-state index < -0.39 is 47.8 Å². The highest BCUT2D eigenvalue weighted by Gasteiger charge is 2.48. The van der Waals surface area contributed by atoms with Gasteiger partial charge in [-0.25, -0.2) is 8.78 Å². The van der Waals surface area contributed by atoms with E-state index in [9.17, 15) is 31.5 Å². The van der Waals surface area contributed by atoms with Crippen molar-refractivity contribution in [3.8, 4) is 0 Å². The van der Waals surface area contributed by atoms with Gasteiger partial charge in [-0.1, -0.05) is 12.1 Å². The number of nitrogens with zero attached hydrogens (tertiary/aromatic N) is 1. The van der Waals surface area contributed by atoms with E-state index in [-0.39, 0.29) is 16.3 Å². The molecule has 10 heteroatoms. The first-order chi connectivity index (χ1) is 13.2. The summed E-state index contributed by atoms with van der Waals surface area (Å²) in [4.78, 5) is 25.3. The van der Waals surface area contributed by atoms with Crippen molar-refractivity contribution in [3.05, 3.63) is 54.1 Å². The summed E-state index contributed by atoms with van der Waals surface area (Å²) in [6, 6.07) is 6.28. The van der Waals surface area contributed by atoms with Crippen LogP contribution in [0.1, 0.15) is 6.42 Å². The predicted molar refractivity (Wildman–Crippen MR) is 94.1 cm³/mol. The molecule has 1 atom stereocenters. The molecule has 0 fully saturated rings. The highest BCUT2D eigenvalue weighted by Crippen LogP contribution is 2.38. The number of halogens is 5. The van der Waals surface area contributed by atoms with Gasteiger partial charge in [0, 0.05) is 4.90 Å². The SMILES string of the molecule is O=C1CC(C(F)(F)F)N(C(=O)CSc2ccc(F)c(F)c2)c2ccccc2N1. The Kier molecular flexibility index (Phi) is 5.59. The van der Waals surface area contributed by atoms with Gasteiger partial charge in [-0.15, -0.1) is 11.8 Å². The summed E-state index contributed by atoms with van der Waals surface area (Å²) >= 11 is 0.769. The zero-order valence-corrected chi connectivity index (χ0v) is 14.9. The summed E-state index contributed by atoms with van der Waals surface area (Å²) in [6.45, 7) is 0. The molecule has 1 unspecified atom stereocenters. The molecular formula is C18H13F5N2O2S. The average molecular weight is 416 g/mol. The molecule has 1 aliphatic rings. The number of hydrogen-bond donors (Lipinski definition) is 1. The minimum Gasteiger partial charge on any atom is -0.324 e. The maximum Gasteiger partial charge on any atom is 0.409 e. The largest absolute Gasteiger partial charge is 0.409 e. The summed E-state index contributed by atoms with van der Waals surface area (Å²) in [6.07, 6.45) is -5.78. The van der Waals surface area contributed by atoms with Gasteiger partial charge in [0.25, 0.3) is 0 Å². The average Bonchev–Trinajstić information content (AvgIpc) is 2.78. The van der Waals surface area contributed by atoms with E-state index in [2.05, 4.69) is 5.32 Å². The topological polar surface area (TPSA) is 49.4 Å². The van der Waals surface area contributed by atoms with Crippen LogP contribution in [0.25, 0.3) is 0 Å². The molecule has 4 nitrogen and oxygen atoms in total. The van der Waals surface area contributed by atoms with Crippen molar-refractivity contribution in [2.75, 3.05) is 16.0 Å². The smallest absolute Gasteiger partial charge is 0.324 e. The van der Waals surface area contributed by atoms with Gasteiger partial charge in [-0.3, -0.25) is 14.5 Å². The van der Waals surface area contributed by atoms with Crippen LogP contribution in [-0.4, -0.2) is 29.8 Å². The minimum absolute atomic E-state index is 0.0773. The first-order valence-electron chi connectivity index (χ1n) is 8.02. The lowest BCUT2D eigenvalue weighted by atomic mass is 10.1. The summed E-state index contributed by atoms with van der Waals surface area (Å²) in [5, 5.41) is 2.37. The van der Waals surface area contributed by atoms with E-state index >= 15 is 0 Å². The maximum atomic E-state index is 13.6. The Labute approximate surface area is 160 Å². The molecule has 0 spiro atoms. The third-order valence-corrected chi connectivity index (χ3v) is 5.01. The minimum atomic E-state index is -4.84. The summed E-state index contributed by atoms with van der Waals surface area (Å²) in [7, 11) is 0. The number of benzene rings is 2. The van der Waals surface area contributed by atoms with Crippen LogP contribution in [0.3, 0.4) is 0 Å². The van der Waals surface area contributed by atoms with Gasteiger partial charge in [0.2, 0.25) is 11.8 Å². The van der Waals surface area contributed by atoms with Gasteiger partial charge in [-0.2, -0.15) is 13.2 Å². The third-order valence-electron chi connectivity index (χ3n) is 4.03. The van der Waals surface area contributed by atoms with E-state index in [0.29, 0.717) is 4.90 Å². The van der Waals surface area contributed by atoms with Crippen molar-refractivity contribution in [2.24, 2.45) is 0 Å². The molecule has 0 bridgehead atoms. The molecule has 1 heterocycles. The van der Waals surface area contributed by atoms with Crippen LogP contribution in [0.15, 0.2) is 47.4 Å². The van der Waals surface area contributed by atoms with Crippen LogP contribution in [-0.2, 0) is 9.59 Å². The first-order valence-corrected chi connectivity index (χ1v) is 9.01. The van der Waals surface area contributed by atoms with Crippen molar-refractivity contribution in [1.29, 1.82) is 0 Å². The second-order valence-corrected chi connectivity index (χ2v) is 7.00. The van der Waals surface area contributed by atoms with Crippen molar-refractivity contribution in [1.82, 2.24) is 0 Å². The highest BCUT2D eigenvalue weighted by molar-refractivity contribution is 8.00. The lowest BCUT2D eigenvalue weighted by Crippen LogP contribution is -2.50. The number of carbonyl (C=O) groups is 2. The highest BCUT2D eigenvalue weighted by atomic mass is 32.2. The maximum absolute atomic E-state index is 13.6. The molecule has 148 valence electrons. The quantitative estimate of drug-likeness (QED) is 0.598. The second kappa shape index (κ2) is 7.78. The molecule has 0 saturated heterocycles. The molecular weight excluding hydrogens is 403 g/mol. The van der Waals surface area contributed by atoms with E-state index in [4.69, 9.17) is 0 Å². The fraction of sp³-hybridized carbons (Fsp3) is 0.222. The van der Waals surface area contributed by atoms with Crippen LogP contribution in [0.4, 0.5) is 33.3 Å². The van der Waals surface area contributed by atoms with Crippen molar-refractivity contribution < 1.29 is 31.5 Å². The van der Waals surface area contributed by atoms with Gasteiger partial charge in [-0.05, 0) is 30.3 Å². The standard InChI is InChI=1S/C18H13F5N2O2S/c19-11-6-5-10(7-12(11)20)28-9-17(27)25-14-4-2-1-3-13(14)24-16(26)8-15(25)18(21,22)23/h1-7,15H,8-9H2,(H,24,26). The van der Waals surface area contributed by atoms with Crippen LogP contribution < -0.4 is 10.2 Å². The van der Waals surface area contributed by atoms with Gasteiger partial charge < -0.3 is 5.32 Å². The molecule has 0 radical (unpaired) electrons. The predicted octanol–water partition coefficient (Wildman–Crippen LogP) is 4.36. The normalized spacial score (nSPS) is 17.0. The Bertz CT molecular complexity index is 919. The van der Waals surface area contributed by atoms with E-state index in [1.54, 1.807) is 0 Å². The fourth-order valence-electron chi connectivity index (χ4n) is 2.78. The van der Waals surface area contributed by atoms with Crippen molar-refractivity contribution in [2.45, 2.75) is 23.5 Å². The number of amides is 2. The van der Waals surface area contributed by atoms with Crippen LogP contribution in [0.2, 0.25) is 0 Å². The number of anilines is 2. The molecule has 0 saturated carbocycles. The van der Waals surface area contributed by atoms with E-state index in [1.165, 1.54) is 30.3 Å². The van der Waals surface area contributed by atoms with Crippen LogP contribution in [0, 0.1) is 11.6 Å². The molecule has 0 aliphatic carbocycles. The van der Waals surface area contributed by atoms with E-state index in [1.807, 2.05) is 0 Å². The molecule has 1 aliphatic heterocycles. The lowest BCUT2D eigenvalue weighted by Gasteiger charge is -2.31. The molecule has 28 heavy (non-hydrogen) atoms. The lowest BCUT2D eigenvalue weighted by molar-refractivity contribution is -0.157. The molecule has 0 aromatic heterocycles. The zero-order valence-electron chi connectivity index (χ0n) is 14.1. The number of nitrogens with one attached hydrogen (secondary N) is 1. The first kappa shape index (κ1) is 20.1. The number of hydrogen-bond acceptors (Lipinski definition) is 3. The number of carbonyl (C=O) groups excluding carboxylic acids is 2. The number of thioether (sulfide) groups is 1. The van der Waals surface area contributed by atoms with Gasteiger partial charge in [0.15, 0.2) is 11.6 Å². The number of rotatable bonds is 3. The van der Waals surface area contributed by atoms with Crippen molar-refractivity contribution >= 4 is 35.0 Å². The molecule has 3 rings (SSSR count). The van der Waals surface area contributed by atoms with Gasteiger partial charge >= 0.3 is 6.18 Å². The molecule has 2 amide bonds. The summed E-state index contributed by atoms with van der Waals surface area (Å²) in [5.74, 6) is -4.43. The number of alkyl halides is 3. The molecule has 2 aromatic carbocycles. The Morgan fingerprint density at radius 2 is 1.86 bits per heavy atom. The Hall–Kier alpha value is -2.62. The van der Waals surface area contributed by atoms with Crippen LogP contribution >= 0.6 is 11.8 Å². The van der Waals surface area contributed by atoms with Gasteiger partial charge in [0.05, 0.1) is 23.5 Å². The monoisotopic (exact) mass is 416 g/mol. The number of para-hydroxylation sites is 2. The third kappa shape index (κ3) is 4.27.